The Hall–Kier alpha value is -2.90. The molecule has 0 saturated carbocycles. The number of ether oxygens (including phenoxy) is 3. The number of rotatable bonds is 6. The van der Waals surface area contributed by atoms with Crippen molar-refractivity contribution in [2.45, 2.75) is 6.54 Å². The first-order chi connectivity index (χ1) is 10.7. The smallest absolute Gasteiger partial charge is 0.322 e. The highest BCUT2D eigenvalue weighted by molar-refractivity contribution is 5.96. The van der Waals surface area contributed by atoms with Crippen LogP contribution in [0.2, 0.25) is 0 Å². The van der Waals surface area contributed by atoms with Crippen LogP contribution in [0.15, 0.2) is 24.3 Å². The van der Waals surface area contributed by atoms with Gasteiger partial charge in [0.05, 0.1) is 33.4 Å². The molecule has 2 aromatic rings. The van der Waals surface area contributed by atoms with E-state index in [1.54, 1.807) is 24.3 Å². The summed E-state index contributed by atoms with van der Waals surface area (Å²) in [7, 11) is 4.38. The van der Waals surface area contributed by atoms with Crippen molar-refractivity contribution in [1.82, 2.24) is 20.3 Å². The minimum absolute atomic E-state index is 0.103. The Bertz CT molecular complexity index is 641. The van der Waals surface area contributed by atoms with Crippen molar-refractivity contribution < 1.29 is 19.0 Å². The molecule has 2 rings (SSSR count). The lowest BCUT2D eigenvalue weighted by Crippen LogP contribution is -2.24. The molecule has 0 unspecified atom stereocenters. The molecule has 1 N–H and O–H groups in total. The van der Waals surface area contributed by atoms with Gasteiger partial charge >= 0.3 is 12.0 Å². The highest BCUT2D eigenvalue weighted by Crippen LogP contribution is 2.17. The molecule has 22 heavy (non-hydrogen) atoms. The molecule has 1 heterocycles. The number of para-hydroxylation sites is 1. The fraction of sp³-hybridized carbons (Fsp3) is 0.286. The quantitative estimate of drug-likeness (QED) is 0.844. The molecule has 0 aliphatic heterocycles. The monoisotopic (exact) mass is 304 g/mol. The van der Waals surface area contributed by atoms with Crippen LogP contribution < -0.4 is 19.5 Å². The van der Waals surface area contributed by atoms with Crippen LogP contribution >= 0.6 is 0 Å². The van der Waals surface area contributed by atoms with Crippen molar-refractivity contribution in [2.75, 3.05) is 21.3 Å². The van der Waals surface area contributed by atoms with E-state index in [1.165, 1.54) is 21.3 Å². The second-order valence-corrected chi connectivity index (χ2v) is 4.11. The number of hydrogen-bond donors (Lipinski definition) is 1. The van der Waals surface area contributed by atoms with Gasteiger partial charge in [-0.3, -0.25) is 4.79 Å². The maximum atomic E-state index is 12.2. The van der Waals surface area contributed by atoms with Gasteiger partial charge in [-0.2, -0.15) is 9.97 Å². The highest BCUT2D eigenvalue weighted by atomic mass is 16.5. The largest absolute Gasteiger partial charge is 0.496 e. The Labute approximate surface area is 127 Å². The van der Waals surface area contributed by atoms with Gasteiger partial charge < -0.3 is 19.5 Å². The molecule has 0 bridgehead atoms. The standard InChI is InChI=1S/C14H16N4O4/c1-20-10-7-5-4-6-9(10)12(19)15-8-11-16-13(21-2)18-14(17-11)22-3/h4-7H,8H2,1-3H3,(H,15,19). The maximum Gasteiger partial charge on any atom is 0.322 e. The molecule has 0 aliphatic carbocycles. The van der Waals surface area contributed by atoms with Crippen LogP contribution in [0.3, 0.4) is 0 Å². The molecule has 0 saturated heterocycles. The number of benzene rings is 1. The first-order valence-electron chi connectivity index (χ1n) is 6.42. The summed E-state index contributed by atoms with van der Waals surface area (Å²) in [6.45, 7) is 0.103. The zero-order valence-corrected chi connectivity index (χ0v) is 12.5. The second kappa shape index (κ2) is 7.21. The van der Waals surface area contributed by atoms with Crippen LogP contribution in [0.5, 0.6) is 17.8 Å². The van der Waals surface area contributed by atoms with Gasteiger partial charge in [-0.25, -0.2) is 0 Å². The van der Waals surface area contributed by atoms with Crippen molar-refractivity contribution in [2.24, 2.45) is 0 Å². The van der Waals surface area contributed by atoms with Crippen LogP contribution in [0.4, 0.5) is 0 Å². The van der Waals surface area contributed by atoms with Crippen molar-refractivity contribution >= 4 is 5.91 Å². The molecule has 116 valence electrons. The minimum Gasteiger partial charge on any atom is -0.496 e. The first kappa shape index (κ1) is 15.5. The average Bonchev–Trinajstić information content (AvgIpc) is 2.59. The van der Waals surface area contributed by atoms with Crippen molar-refractivity contribution in [3.05, 3.63) is 35.7 Å². The van der Waals surface area contributed by atoms with Gasteiger partial charge in [0, 0.05) is 0 Å². The van der Waals surface area contributed by atoms with Gasteiger partial charge in [-0.15, -0.1) is 4.98 Å². The summed E-state index contributed by atoms with van der Waals surface area (Å²) in [5, 5.41) is 2.71. The van der Waals surface area contributed by atoms with Crippen LogP contribution in [0.1, 0.15) is 16.2 Å². The zero-order chi connectivity index (χ0) is 15.9. The Morgan fingerprint density at radius 3 is 2.23 bits per heavy atom. The number of nitrogens with one attached hydrogen (secondary N) is 1. The van der Waals surface area contributed by atoms with Crippen LogP contribution in [0.25, 0.3) is 0 Å². The van der Waals surface area contributed by atoms with E-state index in [0.29, 0.717) is 17.1 Å². The fourth-order valence-corrected chi connectivity index (χ4v) is 1.73. The van der Waals surface area contributed by atoms with Gasteiger partial charge in [-0.05, 0) is 12.1 Å². The topological polar surface area (TPSA) is 95.5 Å². The molecule has 8 heteroatoms. The molecule has 0 spiro atoms. The van der Waals surface area contributed by atoms with E-state index in [4.69, 9.17) is 14.2 Å². The van der Waals surface area contributed by atoms with Crippen molar-refractivity contribution in [1.29, 1.82) is 0 Å². The third kappa shape index (κ3) is 3.60. The van der Waals surface area contributed by atoms with E-state index in [9.17, 15) is 4.79 Å². The summed E-state index contributed by atoms with van der Waals surface area (Å²) >= 11 is 0. The summed E-state index contributed by atoms with van der Waals surface area (Å²) < 4.78 is 15.1. The van der Waals surface area contributed by atoms with Crippen LogP contribution in [-0.2, 0) is 6.54 Å². The molecule has 0 radical (unpaired) electrons. The first-order valence-corrected chi connectivity index (χ1v) is 6.42. The molecule has 1 aromatic carbocycles. The molecule has 1 aromatic heterocycles. The van der Waals surface area contributed by atoms with E-state index < -0.39 is 0 Å². The summed E-state index contributed by atoms with van der Waals surface area (Å²) in [6.07, 6.45) is 0. The van der Waals surface area contributed by atoms with Gasteiger partial charge in [-0.1, -0.05) is 12.1 Å². The maximum absolute atomic E-state index is 12.2. The highest BCUT2D eigenvalue weighted by Gasteiger charge is 2.13. The number of aromatic nitrogens is 3. The Morgan fingerprint density at radius 1 is 1.00 bits per heavy atom. The number of carbonyl (C=O) groups excluding carboxylic acids is 1. The normalized spacial score (nSPS) is 9.95. The summed E-state index contributed by atoms with van der Waals surface area (Å²) in [5.74, 6) is 0.522. The van der Waals surface area contributed by atoms with E-state index in [0.717, 1.165) is 0 Å². The third-order valence-electron chi connectivity index (χ3n) is 2.76. The summed E-state index contributed by atoms with van der Waals surface area (Å²) in [4.78, 5) is 24.1. The molecule has 1 amide bonds. The van der Waals surface area contributed by atoms with E-state index in [1.807, 2.05) is 0 Å². The lowest BCUT2D eigenvalue weighted by Gasteiger charge is -2.09. The van der Waals surface area contributed by atoms with E-state index >= 15 is 0 Å². The molecular formula is C14H16N4O4. The van der Waals surface area contributed by atoms with E-state index in [2.05, 4.69) is 20.3 Å². The van der Waals surface area contributed by atoms with Gasteiger partial charge in [0.25, 0.3) is 5.91 Å². The van der Waals surface area contributed by atoms with Crippen LogP contribution in [0, 0.1) is 0 Å². The zero-order valence-electron chi connectivity index (χ0n) is 12.5. The SMILES string of the molecule is COc1nc(CNC(=O)c2ccccc2OC)nc(OC)n1. The average molecular weight is 304 g/mol. The number of amides is 1. The van der Waals surface area contributed by atoms with Gasteiger partial charge in [0.1, 0.15) is 5.75 Å². The number of nitrogens with zero attached hydrogens (tertiary/aromatic N) is 3. The Balaban J connectivity index is 2.11. The summed E-state index contributed by atoms with van der Waals surface area (Å²) in [5.41, 5.74) is 0.429. The predicted octanol–water partition coefficient (Wildman–Crippen LogP) is 0.827. The second-order valence-electron chi connectivity index (χ2n) is 4.11. The molecule has 0 atom stereocenters. The van der Waals surface area contributed by atoms with Gasteiger partial charge in [0.15, 0.2) is 5.82 Å². The lowest BCUT2D eigenvalue weighted by atomic mass is 10.2. The lowest BCUT2D eigenvalue weighted by molar-refractivity contribution is 0.0946. The Kier molecular flexibility index (Phi) is 5.07. The molecular weight excluding hydrogens is 288 g/mol. The number of carbonyl (C=O) groups is 1. The summed E-state index contributed by atoms with van der Waals surface area (Å²) in [6, 6.07) is 7.16. The molecule has 8 nitrogen and oxygen atoms in total. The van der Waals surface area contributed by atoms with Gasteiger partial charge in [0.2, 0.25) is 0 Å². The van der Waals surface area contributed by atoms with E-state index in [-0.39, 0.29) is 24.5 Å². The van der Waals surface area contributed by atoms with Crippen molar-refractivity contribution in [3.63, 3.8) is 0 Å². The fourth-order valence-electron chi connectivity index (χ4n) is 1.73. The number of hydrogen-bond acceptors (Lipinski definition) is 7. The Morgan fingerprint density at radius 2 is 1.64 bits per heavy atom. The molecule has 0 fully saturated rings. The van der Waals surface area contributed by atoms with Crippen molar-refractivity contribution in [3.8, 4) is 17.8 Å². The van der Waals surface area contributed by atoms with Crippen LogP contribution in [-0.4, -0.2) is 42.2 Å². The number of methoxy groups -OCH3 is 3. The predicted molar refractivity (Wildman–Crippen MR) is 77.1 cm³/mol. The molecule has 0 aliphatic rings. The minimum atomic E-state index is -0.296. The third-order valence-corrected chi connectivity index (χ3v) is 2.76.